The van der Waals surface area contributed by atoms with E-state index < -0.39 is 11.0 Å². The number of hydrogen-bond donors (Lipinski definition) is 2. The molecule has 0 aliphatic rings. The zero-order valence-electron chi connectivity index (χ0n) is 9.17. The number of nitrogens with zero attached hydrogens (tertiary/aromatic N) is 2. The highest BCUT2D eigenvalue weighted by Gasteiger charge is 2.21. The van der Waals surface area contributed by atoms with Gasteiger partial charge in [-0.3, -0.25) is 10.1 Å². The average molecular weight is 363 g/mol. The van der Waals surface area contributed by atoms with Crippen molar-refractivity contribution in [2.75, 3.05) is 13.2 Å². The molecule has 7 nitrogen and oxygen atoms in total. The second-order valence-corrected chi connectivity index (χ2v) is 4.54. The lowest BCUT2D eigenvalue weighted by atomic mass is 10.2. The predicted octanol–water partition coefficient (Wildman–Crippen LogP) is 0.769. The highest BCUT2D eigenvalue weighted by atomic mass is 127. The molecule has 0 radical (unpaired) electrons. The molecule has 96 valence electrons. The summed E-state index contributed by atoms with van der Waals surface area (Å²) in [6.45, 7) is -0.139. The maximum Gasteiger partial charge on any atom is 0.313 e. The lowest BCUT2D eigenvalue weighted by molar-refractivity contribution is -0.386. The van der Waals surface area contributed by atoms with E-state index in [4.69, 9.17) is 15.7 Å². The first-order valence-corrected chi connectivity index (χ1v) is 5.96. The van der Waals surface area contributed by atoms with Gasteiger partial charge in [-0.05, 0) is 28.7 Å². The molecular formula is C10H10IN3O4. The van der Waals surface area contributed by atoms with Crippen LogP contribution in [-0.2, 0) is 0 Å². The van der Waals surface area contributed by atoms with Gasteiger partial charge < -0.3 is 15.6 Å². The summed E-state index contributed by atoms with van der Waals surface area (Å²) in [6.07, 6.45) is -0.893. The maximum atomic E-state index is 10.9. The van der Waals surface area contributed by atoms with Gasteiger partial charge in [-0.1, -0.05) is 0 Å². The van der Waals surface area contributed by atoms with Gasteiger partial charge in [-0.15, -0.1) is 0 Å². The topological polar surface area (TPSA) is 122 Å². The molecule has 0 amide bonds. The van der Waals surface area contributed by atoms with Gasteiger partial charge in [0, 0.05) is 12.6 Å². The van der Waals surface area contributed by atoms with Gasteiger partial charge in [0.15, 0.2) is 0 Å². The van der Waals surface area contributed by atoms with Crippen LogP contribution in [0.3, 0.4) is 0 Å². The van der Waals surface area contributed by atoms with Crippen LogP contribution in [0.2, 0.25) is 0 Å². The van der Waals surface area contributed by atoms with Crippen molar-refractivity contribution in [3.63, 3.8) is 0 Å². The van der Waals surface area contributed by atoms with E-state index in [2.05, 4.69) is 0 Å². The molecule has 0 aliphatic heterocycles. The number of nitriles is 1. The first kappa shape index (κ1) is 14.6. The molecule has 8 heteroatoms. The molecule has 1 unspecified atom stereocenters. The van der Waals surface area contributed by atoms with Gasteiger partial charge >= 0.3 is 5.69 Å². The molecule has 1 atom stereocenters. The number of benzene rings is 1. The Kier molecular flexibility index (Phi) is 5.26. The lowest BCUT2D eigenvalue weighted by Crippen LogP contribution is -2.26. The average Bonchev–Trinajstić information content (AvgIpc) is 2.35. The number of ether oxygens (including phenoxy) is 1. The van der Waals surface area contributed by atoms with Crippen molar-refractivity contribution < 1.29 is 14.8 Å². The van der Waals surface area contributed by atoms with E-state index in [9.17, 15) is 15.2 Å². The minimum absolute atomic E-state index is 0.000651. The summed E-state index contributed by atoms with van der Waals surface area (Å²) >= 11 is 1.83. The largest absolute Gasteiger partial charge is 0.483 e. The zero-order chi connectivity index (χ0) is 13.7. The Bertz CT molecular complexity index is 501. The monoisotopic (exact) mass is 363 g/mol. The van der Waals surface area contributed by atoms with Gasteiger partial charge in [0.25, 0.3) is 0 Å². The highest BCUT2D eigenvalue weighted by molar-refractivity contribution is 14.1. The fraction of sp³-hybridized carbons (Fsp3) is 0.300. The minimum Gasteiger partial charge on any atom is -0.483 e. The van der Waals surface area contributed by atoms with Crippen LogP contribution in [0.5, 0.6) is 5.75 Å². The van der Waals surface area contributed by atoms with Gasteiger partial charge in [0.1, 0.15) is 12.7 Å². The molecule has 18 heavy (non-hydrogen) atoms. The molecule has 0 aliphatic carbocycles. The van der Waals surface area contributed by atoms with Gasteiger partial charge in [0.05, 0.1) is 20.1 Å². The van der Waals surface area contributed by atoms with Crippen molar-refractivity contribution in [3.05, 3.63) is 31.4 Å². The number of halogens is 1. The normalized spacial score (nSPS) is 11.7. The third-order valence-corrected chi connectivity index (χ3v) is 2.84. The zero-order valence-corrected chi connectivity index (χ0v) is 11.3. The summed E-state index contributed by atoms with van der Waals surface area (Å²) in [5.41, 5.74) is 5.08. The number of hydrogen-bond acceptors (Lipinski definition) is 6. The first-order valence-electron chi connectivity index (χ1n) is 4.88. The third kappa shape index (κ3) is 3.52. The summed E-state index contributed by atoms with van der Waals surface area (Å²) < 4.78 is 5.63. The molecule has 0 fully saturated rings. The van der Waals surface area contributed by atoms with E-state index >= 15 is 0 Å². The quantitative estimate of drug-likeness (QED) is 0.453. The van der Waals surface area contributed by atoms with Crippen molar-refractivity contribution in [1.82, 2.24) is 0 Å². The van der Waals surface area contributed by atoms with Crippen molar-refractivity contribution >= 4 is 28.3 Å². The number of nitro groups is 1. The Morgan fingerprint density at radius 2 is 2.33 bits per heavy atom. The Morgan fingerprint density at radius 3 is 2.83 bits per heavy atom. The fourth-order valence-corrected chi connectivity index (χ4v) is 1.94. The highest BCUT2D eigenvalue weighted by Crippen LogP contribution is 2.33. The van der Waals surface area contributed by atoms with Crippen LogP contribution < -0.4 is 10.5 Å². The molecule has 0 heterocycles. The van der Waals surface area contributed by atoms with Crippen molar-refractivity contribution in [1.29, 1.82) is 5.26 Å². The van der Waals surface area contributed by atoms with E-state index in [0.717, 1.165) is 6.07 Å². The summed E-state index contributed by atoms with van der Waals surface area (Å²) in [6, 6.07) is 4.43. The van der Waals surface area contributed by atoms with Gasteiger partial charge in [-0.2, -0.15) is 5.26 Å². The Labute approximate surface area is 116 Å². The summed E-state index contributed by atoms with van der Waals surface area (Å²) in [7, 11) is 0. The molecule has 1 rings (SSSR count). The van der Waals surface area contributed by atoms with Crippen molar-refractivity contribution in [3.8, 4) is 11.8 Å². The number of nitrogens with two attached hydrogens (primary N) is 1. The summed E-state index contributed by atoms with van der Waals surface area (Å²) in [5.74, 6) is 0.0344. The van der Waals surface area contributed by atoms with Gasteiger partial charge in [-0.25, -0.2) is 0 Å². The van der Waals surface area contributed by atoms with E-state index in [-0.39, 0.29) is 30.2 Å². The van der Waals surface area contributed by atoms with Crippen LogP contribution >= 0.6 is 22.6 Å². The number of rotatable bonds is 5. The van der Waals surface area contributed by atoms with Crippen LogP contribution in [-0.4, -0.2) is 29.3 Å². The van der Waals surface area contributed by atoms with Crippen LogP contribution in [0.1, 0.15) is 5.56 Å². The second-order valence-electron chi connectivity index (χ2n) is 3.38. The van der Waals surface area contributed by atoms with E-state index in [0.29, 0.717) is 3.57 Å². The van der Waals surface area contributed by atoms with E-state index in [1.165, 1.54) is 6.07 Å². The molecule has 0 spiro atoms. The maximum absolute atomic E-state index is 10.9. The lowest BCUT2D eigenvalue weighted by Gasteiger charge is -2.11. The molecule has 0 saturated heterocycles. The Balaban J connectivity index is 3.09. The van der Waals surface area contributed by atoms with Crippen LogP contribution in [0.25, 0.3) is 0 Å². The van der Waals surface area contributed by atoms with Gasteiger partial charge in [0.2, 0.25) is 5.75 Å². The van der Waals surface area contributed by atoms with Crippen LogP contribution in [0, 0.1) is 25.0 Å². The van der Waals surface area contributed by atoms with Crippen molar-refractivity contribution in [2.45, 2.75) is 6.10 Å². The van der Waals surface area contributed by atoms with Crippen LogP contribution in [0.4, 0.5) is 5.69 Å². The fourth-order valence-electron chi connectivity index (χ4n) is 1.17. The number of aliphatic hydroxyl groups is 1. The van der Waals surface area contributed by atoms with E-state index in [1.54, 1.807) is 0 Å². The SMILES string of the molecule is N#Cc1cc(I)c(OCC(O)CN)c([N+](=O)[O-])c1. The third-order valence-electron chi connectivity index (χ3n) is 2.04. The second kappa shape index (κ2) is 6.48. The molecule has 0 aromatic heterocycles. The Morgan fingerprint density at radius 1 is 1.67 bits per heavy atom. The number of nitro benzene ring substituents is 1. The minimum atomic E-state index is -0.893. The molecule has 1 aromatic carbocycles. The molecular weight excluding hydrogens is 353 g/mol. The standard InChI is InChI=1S/C10H10IN3O4/c11-8-1-6(3-12)2-9(14(16)17)10(8)18-5-7(15)4-13/h1-2,7,15H,4-5,13H2. The summed E-state index contributed by atoms with van der Waals surface area (Å²) in [5, 5.41) is 28.9. The first-order chi connectivity index (χ1) is 8.49. The van der Waals surface area contributed by atoms with Crippen LogP contribution in [0.15, 0.2) is 12.1 Å². The van der Waals surface area contributed by atoms with E-state index in [1.807, 2.05) is 28.7 Å². The molecule has 0 saturated carbocycles. The van der Waals surface area contributed by atoms with Crippen molar-refractivity contribution in [2.24, 2.45) is 5.73 Å². The molecule has 3 N–H and O–H groups in total. The number of aliphatic hydroxyl groups excluding tert-OH is 1. The molecule has 1 aromatic rings. The predicted molar refractivity (Wildman–Crippen MR) is 71.1 cm³/mol. The molecule has 0 bridgehead atoms. The summed E-state index contributed by atoms with van der Waals surface area (Å²) in [4.78, 5) is 10.3. The smallest absolute Gasteiger partial charge is 0.313 e. The Hall–Kier alpha value is -1.44.